The van der Waals surface area contributed by atoms with Crippen LogP contribution in [0.3, 0.4) is 0 Å². The molecule has 0 fully saturated rings. The highest BCUT2D eigenvalue weighted by Gasteiger charge is 2.33. The van der Waals surface area contributed by atoms with Gasteiger partial charge in [0.25, 0.3) is 20.0 Å². The lowest BCUT2D eigenvalue weighted by atomic mass is 10.2. The highest BCUT2D eigenvalue weighted by molar-refractivity contribution is 8.01. The van der Waals surface area contributed by atoms with Crippen LogP contribution in [0.25, 0.3) is 0 Å². The predicted octanol–water partition coefficient (Wildman–Crippen LogP) is 0.452. The van der Waals surface area contributed by atoms with Crippen molar-refractivity contribution in [3.63, 3.8) is 0 Å². The Hall–Kier alpha value is -4.90. The number of amides is 4. The number of sulfonamides is 2. The van der Waals surface area contributed by atoms with Gasteiger partial charge < -0.3 is 9.47 Å². The lowest BCUT2D eigenvalue weighted by molar-refractivity contribution is 0.255. The highest BCUT2D eigenvalue weighted by Crippen LogP contribution is 2.27. The van der Waals surface area contributed by atoms with Crippen molar-refractivity contribution >= 4 is 97.8 Å². The third-order valence-electron chi connectivity index (χ3n) is 6.14. The number of anilines is 2. The SMILES string of the molecule is COc1nc(NC(=O)NS(=O)(=O)C2=C(S(C)(=O)=O)C(=S)CC=C2)nc(OC)n1.Cc1nc(C)nc(NC(=O)NS(=O)(=O)C2=C(S(C)(=O)=O)C(=S)CC=C2)n1. The molecule has 2 aromatic rings. The Labute approximate surface area is 320 Å². The second-order valence-corrected chi connectivity index (χ2v) is 18.7. The zero-order valence-corrected chi connectivity index (χ0v) is 33.7. The third kappa shape index (κ3) is 11.5. The number of nitrogens with zero attached hydrogens (tertiary/aromatic N) is 6. The van der Waals surface area contributed by atoms with Crippen molar-refractivity contribution in [2.24, 2.45) is 0 Å². The van der Waals surface area contributed by atoms with Gasteiger partial charge in [0, 0.05) is 35.1 Å². The van der Waals surface area contributed by atoms with Gasteiger partial charge in [0.15, 0.2) is 19.7 Å². The van der Waals surface area contributed by atoms with Crippen LogP contribution in [0, 0.1) is 13.8 Å². The van der Waals surface area contributed by atoms with Gasteiger partial charge in [-0.3, -0.25) is 10.6 Å². The smallest absolute Gasteiger partial charge is 0.335 e. The van der Waals surface area contributed by atoms with Gasteiger partial charge in [-0.1, -0.05) is 36.6 Å². The molecular weight excluding hydrogens is 837 g/mol. The van der Waals surface area contributed by atoms with E-state index < -0.39 is 71.4 Å². The fourth-order valence-corrected chi connectivity index (χ4v) is 11.2. The fourth-order valence-electron chi connectivity index (χ4n) is 4.22. The van der Waals surface area contributed by atoms with Crippen LogP contribution < -0.4 is 29.6 Å². The van der Waals surface area contributed by atoms with Gasteiger partial charge in [-0.2, -0.15) is 19.9 Å². The summed E-state index contributed by atoms with van der Waals surface area (Å²) in [5.74, 6) is 0.162. The number of thiocarbonyl (C=S) groups is 2. The number of allylic oxidation sites excluding steroid dienone is 6. The van der Waals surface area contributed by atoms with Crippen molar-refractivity contribution in [2.45, 2.75) is 26.7 Å². The summed E-state index contributed by atoms with van der Waals surface area (Å²) in [7, 11) is -14.4. The van der Waals surface area contributed by atoms with Gasteiger partial charge in [0.05, 0.1) is 14.2 Å². The quantitative estimate of drug-likeness (QED) is 0.236. The summed E-state index contributed by atoms with van der Waals surface area (Å²) in [6.07, 6.45) is 6.83. The van der Waals surface area contributed by atoms with E-state index in [4.69, 9.17) is 33.9 Å². The van der Waals surface area contributed by atoms with Crippen LogP contribution in [0.15, 0.2) is 43.9 Å². The van der Waals surface area contributed by atoms with E-state index in [1.165, 1.54) is 26.4 Å². The maximum absolute atomic E-state index is 12.5. The molecule has 4 amide bonds. The van der Waals surface area contributed by atoms with E-state index in [9.17, 15) is 43.3 Å². The average Bonchev–Trinajstić information content (AvgIpc) is 3.02. The van der Waals surface area contributed by atoms with Crippen LogP contribution in [0.2, 0.25) is 0 Å². The van der Waals surface area contributed by atoms with Gasteiger partial charge in [-0.05, 0) is 26.0 Å². The van der Waals surface area contributed by atoms with E-state index in [2.05, 4.69) is 40.5 Å². The minimum atomic E-state index is -4.57. The van der Waals surface area contributed by atoms with E-state index in [1.807, 2.05) is 0 Å². The lowest BCUT2D eigenvalue weighted by Crippen LogP contribution is -2.37. The molecule has 54 heavy (non-hydrogen) atoms. The maximum atomic E-state index is 12.5. The van der Waals surface area contributed by atoms with E-state index >= 15 is 0 Å². The molecule has 0 atom stereocenters. The van der Waals surface area contributed by atoms with Crippen LogP contribution in [0.5, 0.6) is 12.0 Å². The molecule has 0 aliphatic heterocycles. The molecule has 2 aliphatic rings. The molecule has 2 aromatic heterocycles. The molecule has 0 aromatic carbocycles. The van der Waals surface area contributed by atoms with Crippen molar-refractivity contribution in [3.05, 3.63) is 55.6 Å². The van der Waals surface area contributed by atoms with Crippen LogP contribution in [0.4, 0.5) is 21.5 Å². The topological polar surface area (TPSA) is 315 Å². The predicted molar refractivity (Wildman–Crippen MR) is 201 cm³/mol. The molecule has 2 heterocycles. The van der Waals surface area contributed by atoms with E-state index in [-0.39, 0.29) is 46.5 Å². The largest absolute Gasteiger partial charge is 0.467 e. The number of urea groups is 2. The van der Waals surface area contributed by atoms with Crippen LogP contribution in [-0.2, 0) is 39.7 Å². The molecule has 0 unspecified atom stereocenters. The van der Waals surface area contributed by atoms with Gasteiger partial charge in [-0.25, -0.2) is 57.7 Å². The van der Waals surface area contributed by atoms with Gasteiger partial charge >= 0.3 is 24.1 Å². The Morgan fingerprint density at radius 2 is 0.963 bits per heavy atom. The summed E-state index contributed by atoms with van der Waals surface area (Å²) in [5, 5.41) is 4.23. The van der Waals surface area contributed by atoms with Crippen molar-refractivity contribution < 1.29 is 52.7 Å². The molecule has 0 spiro atoms. The Balaban J connectivity index is 0.000000291. The van der Waals surface area contributed by atoms with Gasteiger partial charge in [-0.15, -0.1) is 4.98 Å². The Morgan fingerprint density at radius 3 is 1.30 bits per heavy atom. The molecule has 0 radical (unpaired) electrons. The molecule has 0 saturated heterocycles. The first-order chi connectivity index (χ1) is 24.9. The number of methoxy groups -OCH3 is 2. The average molecular weight is 867 g/mol. The molecule has 4 rings (SSSR count). The van der Waals surface area contributed by atoms with E-state index in [1.54, 1.807) is 23.3 Å². The number of ether oxygens (including phenoxy) is 2. The summed E-state index contributed by atoms with van der Waals surface area (Å²) in [5.41, 5.74) is 0. The standard InChI is InChI=1S/C13H15N5O7S3.C13H15N5O5S3/c1-24-12-15-10(16-13(17-12)25-2)14-11(19)18-28(22,23)8-6-4-5-7(26)9(8)27(3,20)21;1-7-14-8(2)16-12(15-7)17-13(19)18-26(22,23)10-6-4-5-9(24)11(10)25(3,20)21/h4,6H,5H2,1-3H3,(H2,14,15,16,17,18,19);4,6H,5H2,1-3H3,(H2,14,15,16,17,18,19). The second kappa shape index (κ2) is 17.1. The number of rotatable bonds is 10. The van der Waals surface area contributed by atoms with Crippen LogP contribution in [-0.4, -0.2) is 112 Å². The third-order valence-corrected chi connectivity index (χ3v) is 12.6. The summed E-state index contributed by atoms with van der Waals surface area (Å²) in [6, 6.07) is -2.78. The van der Waals surface area contributed by atoms with Gasteiger partial charge in [0.2, 0.25) is 11.9 Å². The summed E-state index contributed by atoms with van der Waals surface area (Å²) >= 11 is 9.92. The summed E-state index contributed by atoms with van der Waals surface area (Å²) < 4.78 is 111. The molecule has 0 saturated carbocycles. The monoisotopic (exact) mass is 866 g/mol. The normalized spacial score (nSPS) is 14.9. The molecule has 28 heteroatoms. The number of hydrogen-bond acceptors (Lipinski definition) is 20. The number of carbonyl (C=O) groups excluding carboxylic acids is 2. The van der Waals surface area contributed by atoms with Crippen molar-refractivity contribution in [1.29, 1.82) is 0 Å². The molecule has 2 aliphatic carbocycles. The number of hydrogen-bond donors (Lipinski definition) is 4. The van der Waals surface area contributed by atoms with E-state index in [0.29, 0.717) is 11.6 Å². The zero-order valence-electron chi connectivity index (χ0n) is 28.8. The first-order valence-corrected chi connectivity index (χ1v) is 21.9. The first kappa shape index (κ1) is 43.5. The second-order valence-electron chi connectivity index (χ2n) is 10.5. The first-order valence-electron chi connectivity index (χ1n) is 14.4. The van der Waals surface area contributed by atoms with Crippen molar-refractivity contribution in [3.8, 4) is 12.0 Å². The minimum absolute atomic E-state index is 0.0421. The fraction of sp³-hybridized carbons (Fsp3) is 0.308. The number of sulfone groups is 2. The Morgan fingerprint density at radius 1 is 0.611 bits per heavy atom. The molecule has 22 nitrogen and oxygen atoms in total. The summed E-state index contributed by atoms with van der Waals surface area (Å²) in [4.78, 5) is 44.5. The molecule has 0 bridgehead atoms. The lowest BCUT2D eigenvalue weighted by Gasteiger charge is -2.16. The van der Waals surface area contributed by atoms with Gasteiger partial charge in [0.1, 0.15) is 31.3 Å². The number of carbonyl (C=O) groups is 2. The van der Waals surface area contributed by atoms with Crippen molar-refractivity contribution in [2.75, 3.05) is 37.4 Å². The summed E-state index contributed by atoms with van der Waals surface area (Å²) in [6.45, 7) is 3.15. The molecule has 292 valence electrons. The maximum Gasteiger partial charge on any atom is 0.335 e. The Bertz CT molecular complexity index is 2460. The van der Waals surface area contributed by atoms with Crippen molar-refractivity contribution in [1.82, 2.24) is 39.3 Å². The number of aromatic nitrogens is 6. The number of nitrogens with one attached hydrogen (secondary N) is 4. The minimum Gasteiger partial charge on any atom is -0.467 e. The highest BCUT2D eigenvalue weighted by atomic mass is 32.2. The molecular formula is C26H30N10O12S6. The van der Waals surface area contributed by atoms with Crippen LogP contribution in [0.1, 0.15) is 24.5 Å². The number of aryl methyl sites for hydroxylation is 2. The zero-order chi connectivity index (χ0) is 40.8. The van der Waals surface area contributed by atoms with Crippen LogP contribution >= 0.6 is 24.4 Å². The van der Waals surface area contributed by atoms with E-state index in [0.717, 1.165) is 24.7 Å². The molecule has 4 N–H and O–H groups in total. The Kier molecular flexibility index (Phi) is 13.7.